The number of carbonyl (C=O) groups excluding carboxylic acids is 2. The van der Waals surface area contributed by atoms with Crippen LogP contribution in [0.25, 0.3) is 10.8 Å². The van der Waals surface area contributed by atoms with E-state index in [0.29, 0.717) is 37.2 Å². The van der Waals surface area contributed by atoms with Gasteiger partial charge in [0.25, 0.3) is 0 Å². The Balaban J connectivity index is 1.37. The quantitative estimate of drug-likeness (QED) is 0.320. The van der Waals surface area contributed by atoms with Crippen molar-refractivity contribution < 1.29 is 23.8 Å². The molecule has 9 nitrogen and oxygen atoms in total. The van der Waals surface area contributed by atoms with Gasteiger partial charge in [-0.05, 0) is 68.5 Å². The van der Waals surface area contributed by atoms with E-state index in [1.165, 1.54) is 17.0 Å². The van der Waals surface area contributed by atoms with Crippen molar-refractivity contribution in [1.82, 2.24) is 14.5 Å². The highest BCUT2D eigenvalue weighted by Gasteiger charge is 2.40. The molecular weight excluding hydrogens is 537 g/mol. The SMILES string of the molecule is CC(C)(C)OC(=O)N(CCc1cncn1Cc1ccc(C#N)c(F)c1)C1CCN(c2cccc3ccc(O)cc23)C1=O. The van der Waals surface area contributed by atoms with Gasteiger partial charge in [-0.1, -0.05) is 24.3 Å². The smallest absolute Gasteiger partial charge is 0.410 e. The van der Waals surface area contributed by atoms with Crippen LogP contribution in [0.5, 0.6) is 5.75 Å². The molecule has 1 aliphatic heterocycles. The molecule has 0 spiro atoms. The van der Waals surface area contributed by atoms with Crippen LogP contribution in [0, 0.1) is 17.1 Å². The summed E-state index contributed by atoms with van der Waals surface area (Å²) < 4.78 is 21.7. The van der Waals surface area contributed by atoms with Gasteiger partial charge in [0.1, 0.15) is 29.3 Å². The molecule has 1 aliphatic rings. The first-order chi connectivity index (χ1) is 20.0. The number of nitriles is 1. The second kappa shape index (κ2) is 11.5. The van der Waals surface area contributed by atoms with Crippen molar-refractivity contribution in [3.8, 4) is 11.8 Å². The van der Waals surface area contributed by atoms with Crippen LogP contribution in [-0.4, -0.2) is 56.3 Å². The fourth-order valence-corrected chi connectivity index (χ4v) is 5.25. The molecule has 0 aliphatic carbocycles. The van der Waals surface area contributed by atoms with Crippen LogP contribution in [0.15, 0.2) is 67.1 Å². The lowest BCUT2D eigenvalue weighted by Gasteiger charge is -2.31. The number of aromatic nitrogens is 2. The lowest BCUT2D eigenvalue weighted by molar-refractivity contribution is -0.121. The van der Waals surface area contributed by atoms with E-state index < -0.39 is 23.6 Å². The number of aromatic hydroxyl groups is 1. The number of ether oxygens (including phenoxy) is 1. The summed E-state index contributed by atoms with van der Waals surface area (Å²) in [6.45, 7) is 6.26. The van der Waals surface area contributed by atoms with E-state index in [1.807, 2.05) is 28.8 Å². The second-order valence-corrected chi connectivity index (χ2v) is 11.3. The third-order valence-electron chi connectivity index (χ3n) is 7.23. The minimum atomic E-state index is -0.759. The van der Waals surface area contributed by atoms with Gasteiger partial charge in [-0.3, -0.25) is 9.69 Å². The van der Waals surface area contributed by atoms with Crippen LogP contribution >= 0.6 is 0 Å². The normalized spacial score (nSPS) is 15.2. The van der Waals surface area contributed by atoms with Gasteiger partial charge >= 0.3 is 6.09 Å². The van der Waals surface area contributed by atoms with E-state index in [4.69, 9.17) is 10.00 Å². The standard InChI is InChI=1S/C32H32FN5O4/c1-32(2,3)42-31(41)38(13-11-24-18-35-20-36(24)19-21-7-8-23(17-34)27(33)15-21)29-12-14-37(30(29)40)28-6-4-5-22-9-10-25(39)16-26(22)28/h4-10,15-16,18,20,29,39H,11-14,19H2,1-3H3. The second-order valence-electron chi connectivity index (χ2n) is 11.3. The van der Waals surface area contributed by atoms with Gasteiger partial charge in [-0.15, -0.1) is 0 Å². The number of anilines is 1. The lowest BCUT2D eigenvalue weighted by Crippen LogP contribution is -2.48. The minimum absolute atomic E-state index is 0.0202. The molecule has 1 N–H and O–H groups in total. The first-order valence-electron chi connectivity index (χ1n) is 13.7. The Kier molecular flexibility index (Phi) is 7.85. The zero-order chi connectivity index (χ0) is 30.0. The summed E-state index contributed by atoms with van der Waals surface area (Å²) in [5, 5.41) is 20.7. The maximum Gasteiger partial charge on any atom is 0.410 e. The number of rotatable bonds is 7. The Morgan fingerprint density at radius 3 is 2.76 bits per heavy atom. The summed E-state index contributed by atoms with van der Waals surface area (Å²) in [6.07, 6.45) is 3.51. The van der Waals surface area contributed by atoms with Gasteiger partial charge < -0.3 is 19.3 Å². The van der Waals surface area contributed by atoms with E-state index in [2.05, 4.69) is 4.98 Å². The number of hydrogen-bond donors (Lipinski definition) is 1. The molecule has 1 aromatic heterocycles. The fraction of sp³-hybridized carbons (Fsp3) is 0.312. The Morgan fingerprint density at radius 1 is 1.21 bits per heavy atom. The van der Waals surface area contributed by atoms with E-state index in [-0.39, 0.29) is 23.8 Å². The summed E-state index contributed by atoms with van der Waals surface area (Å²) in [5.41, 5.74) is 1.35. The van der Waals surface area contributed by atoms with E-state index >= 15 is 0 Å². The zero-order valence-electron chi connectivity index (χ0n) is 23.7. The molecule has 2 heterocycles. The Morgan fingerprint density at radius 2 is 2.02 bits per heavy atom. The van der Waals surface area contributed by atoms with Gasteiger partial charge in [0.2, 0.25) is 5.91 Å². The number of fused-ring (bicyclic) bond motifs is 1. The predicted octanol–water partition coefficient (Wildman–Crippen LogP) is 5.39. The molecular formula is C32H32FN5O4. The summed E-state index contributed by atoms with van der Waals surface area (Å²) in [7, 11) is 0. The predicted molar refractivity (Wildman–Crippen MR) is 155 cm³/mol. The third kappa shape index (κ3) is 6.05. The van der Waals surface area contributed by atoms with Crippen molar-refractivity contribution in [3.63, 3.8) is 0 Å². The average Bonchev–Trinajstić information content (AvgIpc) is 3.53. The highest BCUT2D eigenvalue weighted by Crippen LogP contribution is 2.33. The molecule has 0 radical (unpaired) electrons. The number of benzene rings is 3. The van der Waals surface area contributed by atoms with Gasteiger partial charge in [0.05, 0.1) is 17.6 Å². The molecule has 0 saturated carbocycles. The molecule has 3 aromatic carbocycles. The highest BCUT2D eigenvalue weighted by atomic mass is 19.1. The molecule has 1 unspecified atom stereocenters. The van der Waals surface area contributed by atoms with Crippen molar-refractivity contribution in [2.24, 2.45) is 0 Å². The maximum atomic E-state index is 14.2. The van der Waals surface area contributed by atoms with Gasteiger partial charge in [-0.2, -0.15) is 5.26 Å². The number of phenolic OH excluding ortho intramolecular Hbond substituents is 1. The van der Waals surface area contributed by atoms with Gasteiger partial charge in [0, 0.05) is 43.3 Å². The molecule has 42 heavy (non-hydrogen) atoms. The van der Waals surface area contributed by atoms with Crippen LogP contribution in [0.3, 0.4) is 0 Å². The Bertz CT molecular complexity index is 1690. The number of amides is 2. The molecule has 1 fully saturated rings. The maximum absolute atomic E-state index is 14.2. The van der Waals surface area contributed by atoms with Crippen molar-refractivity contribution in [2.45, 2.75) is 51.8 Å². The highest BCUT2D eigenvalue weighted by molar-refractivity contribution is 6.07. The number of nitrogens with zero attached hydrogens (tertiary/aromatic N) is 5. The first kappa shape index (κ1) is 28.6. The van der Waals surface area contributed by atoms with Crippen LogP contribution in [-0.2, 0) is 22.5 Å². The van der Waals surface area contributed by atoms with E-state index in [1.54, 1.807) is 62.5 Å². The molecule has 0 bridgehead atoms. The topological polar surface area (TPSA) is 112 Å². The number of hydrogen-bond acceptors (Lipinski definition) is 6. The number of carbonyl (C=O) groups is 2. The summed E-state index contributed by atoms with van der Waals surface area (Å²) >= 11 is 0. The molecule has 4 aromatic rings. The lowest BCUT2D eigenvalue weighted by atomic mass is 10.1. The van der Waals surface area contributed by atoms with E-state index in [0.717, 1.165) is 16.5 Å². The molecule has 1 atom stereocenters. The van der Waals surface area contributed by atoms with Crippen molar-refractivity contribution in [1.29, 1.82) is 5.26 Å². The molecule has 5 rings (SSSR count). The minimum Gasteiger partial charge on any atom is -0.508 e. The van der Waals surface area contributed by atoms with Crippen molar-refractivity contribution >= 4 is 28.5 Å². The van der Waals surface area contributed by atoms with Crippen LogP contribution in [0.4, 0.5) is 14.9 Å². The molecule has 1 saturated heterocycles. The first-order valence-corrected chi connectivity index (χ1v) is 13.7. The van der Waals surface area contributed by atoms with E-state index in [9.17, 15) is 19.1 Å². The third-order valence-corrected chi connectivity index (χ3v) is 7.23. The molecule has 216 valence electrons. The van der Waals surface area contributed by atoms with Gasteiger partial charge in [0.15, 0.2) is 0 Å². The summed E-state index contributed by atoms with van der Waals surface area (Å²) in [5.74, 6) is -0.703. The van der Waals surface area contributed by atoms with Gasteiger partial charge in [-0.25, -0.2) is 14.2 Å². The molecule has 2 amide bonds. The zero-order valence-corrected chi connectivity index (χ0v) is 23.7. The summed E-state index contributed by atoms with van der Waals surface area (Å²) in [4.78, 5) is 34.7. The number of halogens is 1. The van der Waals surface area contributed by atoms with Crippen molar-refractivity contribution in [3.05, 3.63) is 89.8 Å². The monoisotopic (exact) mass is 569 g/mol. The van der Waals surface area contributed by atoms with Crippen LogP contribution in [0.1, 0.15) is 44.0 Å². The summed E-state index contributed by atoms with van der Waals surface area (Å²) in [6, 6.07) is 16.2. The van der Waals surface area contributed by atoms with Crippen molar-refractivity contribution in [2.75, 3.05) is 18.0 Å². The van der Waals surface area contributed by atoms with Crippen LogP contribution < -0.4 is 4.90 Å². The largest absolute Gasteiger partial charge is 0.508 e. The fourth-order valence-electron chi connectivity index (χ4n) is 5.25. The van der Waals surface area contributed by atoms with Crippen LogP contribution in [0.2, 0.25) is 0 Å². The Labute approximate surface area is 243 Å². The number of phenols is 1. The molecule has 10 heteroatoms. The average molecular weight is 570 g/mol. The Hall–Kier alpha value is -4.91. The number of imidazole rings is 1.